The van der Waals surface area contributed by atoms with Crippen molar-refractivity contribution in [3.63, 3.8) is 0 Å². The van der Waals surface area contributed by atoms with Crippen LogP contribution in [0, 0.1) is 0 Å². The molecule has 2 aliphatic heterocycles. The van der Waals surface area contributed by atoms with Crippen LogP contribution in [0.3, 0.4) is 0 Å². The Bertz CT molecular complexity index is 675. The number of carbonyl (C=O) groups is 3. The zero-order chi connectivity index (χ0) is 18.0. The Balaban J connectivity index is 1.64. The summed E-state index contributed by atoms with van der Waals surface area (Å²) in [4.78, 5) is 38.1. The highest BCUT2D eigenvalue weighted by Gasteiger charge is 2.39. The first kappa shape index (κ1) is 17.8. The highest BCUT2D eigenvalue weighted by molar-refractivity contribution is 7.99. The average molecular weight is 361 g/mol. The number of hydrogen-bond acceptors (Lipinski definition) is 4. The van der Waals surface area contributed by atoms with Crippen molar-refractivity contribution in [2.45, 2.75) is 44.7 Å². The minimum absolute atomic E-state index is 0.101. The summed E-state index contributed by atoms with van der Waals surface area (Å²) < 4.78 is 0. The lowest BCUT2D eigenvalue weighted by Gasteiger charge is -2.25. The van der Waals surface area contributed by atoms with Gasteiger partial charge in [0.2, 0.25) is 17.7 Å². The molecule has 7 heteroatoms. The zero-order valence-corrected chi connectivity index (χ0v) is 15.3. The molecule has 25 heavy (non-hydrogen) atoms. The fourth-order valence-corrected chi connectivity index (χ4v) is 4.22. The van der Waals surface area contributed by atoms with Crippen LogP contribution in [0.25, 0.3) is 0 Å². The summed E-state index contributed by atoms with van der Waals surface area (Å²) in [5.74, 6) is 1.05. The predicted molar refractivity (Wildman–Crippen MR) is 98.3 cm³/mol. The summed E-state index contributed by atoms with van der Waals surface area (Å²) in [6, 6.07) is 6.78. The lowest BCUT2D eigenvalue weighted by molar-refractivity contribution is -0.138. The first-order valence-corrected chi connectivity index (χ1v) is 9.69. The van der Waals surface area contributed by atoms with Crippen molar-refractivity contribution in [3.8, 4) is 0 Å². The fourth-order valence-electron chi connectivity index (χ4n) is 3.05. The zero-order valence-electron chi connectivity index (χ0n) is 14.5. The van der Waals surface area contributed by atoms with Crippen LogP contribution in [0.15, 0.2) is 24.3 Å². The molecule has 0 saturated carbocycles. The quantitative estimate of drug-likeness (QED) is 0.859. The van der Waals surface area contributed by atoms with Gasteiger partial charge in [0.25, 0.3) is 0 Å². The van der Waals surface area contributed by atoms with E-state index in [1.54, 1.807) is 16.7 Å². The maximum atomic E-state index is 12.6. The summed E-state index contributed by atoms with van der Waals surface area (Å²) in [6.45, 7) is 4.24. The van der Waals surface area contributed by atoms with E-state index in [-0.39, 0.29) is 17.7 Å². The molecule has 0 aliphatic carbocycles. The molecule has 3 amide bonds. The minimum atomic E-state index is -0.500. The van der Waals surface area contributed by atoms with Gasteiger partial charge in [0.15, 0.2) is 0 Å². The molecular weight excluding hydrogens is 338 g/mol. The van der Waals surface area contributed by atoms with Crippen molar-refractivity contribution in [1.82, 2.24) is 10.2 Å². The van der Waals surface area contributed by atoms with Gasteiger partial charge >= 0.3 is 0 Å². The molecular formula is C18H23N3O3S. The van der Waals surface area contributed by atoms with Crippen molar-refractivity contribution in [2.24, 2.45) is 0 Å². The Labute approximate surface area is 151 Å². The van der Waals surface area contributed by atoms with E-state index >= 15 is 0 Å². The predicted octanol–water partition coefficient (Wildman–Crippen LogP) is 1.93. The number of carbonyl (C=O) groups excluding carboxylic acids is 3. The molecule has 2 aliphatic rings. The number of nitrogens with one attached hydrogen (secondary N) is 2. The number of hydrogen-bond donors (Lipinski definition) is 2. The number of amides is 3. The van der Waals surface area contributed by atoms with Gasteiger partial charge in [-0.25, -0.2) is 0 Å². The van der Waals surface area contributed by atoms with E-state index in [2.05, 4.69) is 24.5 Å². The van der Waals surface area contributed by atoms with Crippen molar-refractivity contribution < 1.29 is 14.4 Å². The van der Waals surface area contributed by atoms with Gasteiger partial charge in [-0.3, -0.25) is 14.4 Å². The molecule has 0 bridgehead atoms. The third-order valence-electron chi connectivity index (χ3n) is 4.61. The molecule has 0 spiro atoms. The van der Waals surface area contributed by atoms with Gasteiger partial charge < -0.3 is 15.5 Å². The summed E-state index contributed by atoms with van der Waals surface area (Å²) in [6.07, 6.45) is 0.875. The summed E-state index contributed by atoms with van der Waals surface area (Å²) in [5, 5.41) is 5.59. The van der Waals surface area contributed by atoms with Gasteiger partial charge in [0, 0.05) is 17.9 Å². The van der Waals surface area contributed by atoms with Crippen LogP contribution in [-0.2, 0) is 14.4 Å². The van der Waals surface area contributed by atoms with Crippen molar-refractivity contribution in [3.05, 3.63) is 29.8 Å². The van der Waals surface area contributed by atoms with E-state index in [4.69, 9.17) is 0 Å². The van der Waals surface area contributed by atoms with Crippen molar-refractivity contribution in [2.75, 3.05) is 16.9 Å². The smallest absolute Gasteiger partial charge is 0.248 e. The maximum absolute atomic E-state index is 12.6. The third-order valence-corrected chi connectivity index (χ3v) is 5.62. The Morgan fingerprint density at radius 3 is 2.60 bits per heavy atom. The first-order valence-electron chi connectivity index (χ1n) is 8.54. The standard InChI is InChI=1S/C18H23N3O3S/c1-11(2)12-3-5-13(6-4-12)19-17(23)15-9-25-10-21(15)18(24)14-7-8-16(22)20-14/h3-6,11,14-15H,7-10H2,1-2H3,(H,19,23)(H,20,22). The van der Waals surface area contributed by atoms with Gasteiger partial charge in [0.05, 0.1) is 5.88 Å². The Kier molecular flexibility index (Phi) is 5.32. The molecule has 2 N–H and O–H groups in total. The van der Waals surface area contributed by atoms with Gasteiger partial charge in [-0.1, -0.05) is 26.0 Å². The highest BCUT2D eigenvalue weighted by atomic mass is 32.2. The van der Waals surface area contributed by atoms with Crippen LogP contribution < -0.4 is 10.6 Å². The monoisotopic (exact) mass is 361 g/mol. The molecule has 2 atom stereocenters. The van der Waals surface area contributed by atoms with Crippen LogP contribution in [-0.4, -0.2) is 46.3 Å². The van der Waals surface area contributed by atoms with E-state index in [9.17, 15) is 14.4 Å². The number of nitrogens with zero attached hydrogens (tertiary/aromatic N) is 1. The number of anilines is 1. The SMILES string of the molecule is CC(C)c1ccc(NC(=O)C2CSCN2C(=O)C2CCC(=O)N2)cc1. The normalized spacial score (nSPS) is 23.0. The molecule has 1 aromatic carbocycles. The average Bonchev–Trinajstić information content (AvgIpc) is 3.23. The van der Waals surface area contributed by atoms with E-state index in [0.29, 0.717) is 30.4 Å². The topological polar surface area (TPSA) is 78.5 Å². The third kappa shape index (κ3) is 3.98. The van der Waals surface area contributed by atoms with E-state index in [1.165, 1.54) is 5.56 Å². The van der Waals surface area contributed by atoms with Crippen LogP contribution in [0.4, 0.5) is 5.69 Å². The Morgan fingerprint density at radius 1 is 1.28 bits per heavy atom. The van der Waals surface area contributed by atoms with Crippen LogP contribution in [0.5, 0.6) is 0 Å². The lowest BCUT2D eigenvalue weighted by Crippen LogP contribution is -2.50. The van der Waals surface area contributed by atoms with Gasteiger partial charge in [-0.05, 0) is 30.0 Å². The maximum Gasteiger partial charge on any atom is 0.248 e. The molecule has 134 valence electrons. The first-order chi connectivity index (χ1) is 12.0. The Morgan fingerprint density at radius 2 is 2.00 bits per heavy atom. The van der Waals surface area contributed by atoms with Crippen LogP contribution in [0.1, 0.15) is 38.2 Å². The second-order valence-corrected chi connectivity index (χ2v) is 7.75. The molecule has 3 rings (SSSR count). The molecule has 2 fully saturated rings. The van der Waals surface area contributed by atoms with Crippen molar-refractivity contribution >= 4 is 35.2 Å². The molecule has 1 aromatic rings. The largest absolute Gasteiger partial charge is 0.344 e. The number of benzene rings is 1. The second-order valence-electron chi connectivity index (χ2n) is 6.75. The Hall–Kier alpha value is -2.02. The molecule has 2 unspecified atom stereocenters. The number of rotatable bonds is 4. The summed E-state index contributed by atoms with van der Waals surface area (Å²) >= 11 is 1.56. The summed E-state index contributed by atoms with van der Waals surface area (Å²) in [7, 11) is 0. The molecule has 6 nitrogen and oxygen atoms in total. The van der Waals surface area contributed by atoms with Gasteiger partial charge in [-0.15, -0.1) is 11.8 Å². The minimum Gasteiger partial charge on any atom is -0.344 e. The fraction of sp³-hybridized carbons (Fsp3) is 0.500. The van der Waals surface area contributed by atoms with Crippen LogP contribution in [0.2, 0.25) is 0 Å². The van der Waals surface area contributed by atoms with E-state index < -0.39 is 12.1 Å². The van der Waals surface area contributed by atoms with Gasteiger partial charge in [-0.2, -0.15) is 0 Å². The van der Waals surface area contributed by atoms with E-state index in [1.807, 2.05) is 24.3 Å². The van der Waals surface area contributed by atoms with Crippen LogP contribution >= 0.6 is 11.8 Å². The molecule has 0 aromatic heterocycles. The molecule has 2 saturated heterocycles. The number of thioether (sulfide) groups is 1. The molecule has 2 heterocycles. The van der Waals surface area contributed by atoms with Gasteiger partial charge in [0.1, 0.15) is 12.1 Å². The van der Waals surface area contributed by atoms with Crippen molar-refractivity contribution in [1.29, 1.82) is 0 Å². The second kappa shape index (κ2) is 7.47. The van der Waals surface area contributed by atoms with E-state index in [0.717, 1.165) is 5.69 Å². The lowest BCUT2D eigenvalue weighted by atomic mass is 10.0. The molecule has 0 radical (unpaired) electrons. The summed E-state index contributed by atoms with van der Waals surface area (Å²) in [5.41, 5.74) is 1.94. The highest BCUT2D eigenvalue weighted by Crippen LogP contribution is 2.25.